The van der Waals surface area contributed by atoms with Crippen molar-refractivity contribution in [3.05, 3.63) is 82.4 Å². The van der Waals surface area contributed by atoms with Gasteiger partial charge in [0.15, 0.2) is 0 Å². The summed E-state index contributed by atoms with van der Waals surface area (Å²) in [5.74, 6) is -1.37. The number of benzene rings is 2. The Hall–Kier alpha value is -5.29. The summed E-state index contributed by atoms with van der Waals surface area (Å²) in [6, 6.07) is 9.34. The number of halogens is 3. The SMILES string of the molecule is CCc1cc(Nc2ncc(Br)c(Nc3cnc4cnccc4c3P(C)(C)=O)n2)c(OC)cc1N1CCC(N2CCN(CCC3CCN(c4cc(F)c(C5CCC(=O)NC5=O)c(F)c4)CC3)CC2)CC1. The first kappa shape index (κ1) is 48.7. The lowest BCUT2D eigenvalue weighted by Crippen LogP contribution is -2.53. The van der Waals surface area contributed by atoms with Gasteiger partial charge in [-0.15, -0.1) is 0 Å². The molecule has 4 aliphatic rings. The number of carbonyl (C=O) groups excluding carboxylic acids is 2. The smallest absolute Gasteiger partial charge is 0.234 e. The zero-order valence-electron chi connectivity index (χ0n) is 39.7. The third kappa shape index (κ3) is 10.9. The molecule has 0 bridgehead atoms. The molecule has 0 spiro atoms. The van der Waals surface area contributed by atoms with Gasteiger partial charge < -0.3 is 34.6 Å². The van der Waals surface area contributed by atoms with Crippen molar-refractivity contribution in [1.82, 2.24) is 35.1 Å². The number of aryl methyl sites for hydroxylation is 1. The van der Waals surface area contributed by atoms with Crippen LogP contribution in [0, 0.1) is 17.6 Å². The maximum Gasteiger partial charge on any atom is 0.234 e. The Labute approximate surface area is 410 Å². The molecule has 3 aromatic heterocycles. The van der Waals surface area contributed by atoms with Gasteiger partial charge >= 0.3 is 0 Å². The molecule has 5 aromatic rings. The lowest BCUT2D eigenvalue weighted by atomic mass is 9.89. The molecule has 1 unspecified atom stereocenters. The monoisotopic (exact) mass is 1030 g/mol. The van der Waals surface area contributed by atoms with Crippen molar-refractivity contribution in [3.8, 4) is 5.75 Å². The zero-order valence-corrected chi connectivity index (χ0v) is 42.2. The molecule has 0 radical (unpaired) electrons. The van der Waals surface area contributed by atoms with Crippen molar-refractivity contribution in [2.24, 2.45) is 5.92 Å². The van der Waals surface area contributed by atoms with E-state index in [0.717, 1.165) is 109 Å². The van der Waals surface area contributed by atoms with Crippen molar-refractivity contribution in [3.63, 3.8) is 0 Å². The molecule has 4 aliphatic heterocycles. The normalized spacial score (nSPS) is 19.3. The Morgan fingerprint density at radius 3 is 2.28 bits per heavy atom. The zero-order chi connectivity index (χ0) is 48.4. The highest BCUT2D eigenvalue weighted by Crippen LogP contribution is 2.42. The van der Waals surface area contributed by atoms with E-state index < -0.39 is 36.5 Å². The fraction of sp³-hybridized carbons (Fsp3) is 0.480. The van der Waals surface area contributed by atoms with Crippen LogP contribution in [0.4, 0.5) is 43.3 Å². The number of piperidine rings is 3. The quantitative estimate of drug-likeness (QED) is 0.0722. The summed E-state index contributed by atoms with van der Waals surface area (Å²) < 4.78 is 50.6. The van der Waals surface area contributed by atoms with E-state index >= 15 is 8.78 Å². The average Bonchev–Trinajstić information content (AvgIpc) is 3.34. The van der Waals surface area contributed by atoms with Gasteiger partial charge in [-0.25, -0.2) is 13.8 Å². The van der Waals surface area contributed by atoms with E-state index in [1.165, 1.54) is 23.4 Å². The van der Waals surface area contributed by atoms with Crippen molar-refractivity contribution < 1.29 is 27.7 Å². The highest BCUT2D eigenvalue weighted by atomic mass is 79.9. The van der Waals surface area contributed by atoms with Crippen LogP contribution in [-0.2, 0) is 20.6 Å². The third-order valence-electron chi connectivity index (χ3n) is 14.4. The van der Waals surface area contributed by atoms with Gasteiger partial charge in [0.25, 0.3) is 0 Å². The van der Waals surface area contributed by atoms with E-state index in [4.69, 9.17) is 9.72 Å². The molecule has 3 N–H and O–H groups in total. The molecule has 69 heavy (non-hydrogen) atoms. The Kier molecular flexibility index (Phi) is 14.8. The first-order valence-electron chi connectivity index (χ1n) is 24.1. The number of ether oxygens (including phenoxy) is 1. The summed E-state index contributed by atoms with van der Waals surface area (Å²) in [4.78, 5) is 51.8. The van der Waals surface area contributed by atoms with Crippen molar-refractivity contribution in [2.75, 3.05) is 99.8 Å². The van der Waals surface area contributed by atoms with Crippen LogP contribution < -0.4 is 35.8 Å². The first-order valence-corrected chi connectivity index (χ1v) is 27.5. The number of nitrogens with zero attached hydrogens (tertiary/aromatic N) is 8. The first-order chi connectivity index (χ1) is 33.3. The van der Waals surface area contributed by atoms with Gasteiger partial charge in [-0.05, 0) is 116 Å². The molecule has 15 nitrogen and oxygen atoms in total. The van der Waals surface area contributed by atoms with Crippen LogP contribution in [0.1, 0.15) is 68.9 Å². The number of rotatable bonds is 14. The fourth-order valence-electron chi connectivity index (χ4n) is 10.6. The minimum absolute atomic E-state index is 0.0703. The molecule has 2 amide bonds. The minimum atomic E-state index is -2.75. The van der Waals surface area contributed by atoms with Crippen molar-refractivity contribution >= 4 is 85.6 Å². The number of anilines is 6. The second-order valence-electron chi connectivity index (χ2n) is 19.1. The molecule has 7 heterocycles. The summed E-state index contributed by atoms with van der Waals surface area (Å²) in [6.45, 7) is 14.4. The molecule has 4 saturated heterocycles. The number of aromatic nitrogens is 4. The average molecular weight is 1030 g/mol. The maximum atomic E-state index is 15.2. The molecule has 0 aliphatic carbocycles. The van der Waals surface area contributed by atoms with Crippen molar-refractivity contribution in [1.29, 1.82) is 0 Å². The predicted molar refractivity (Wildman–Crippen MR) is 272 cm³/mol. The summed E-state index contributed by atoms with van der Waals surface area (Å²) >= 11 is 3.60. The lowest BCUT2D eigenvalue weighted by Gasteiger charge is -2.44. The number of hydrogen-bond acceptors (Lipinski definition) is 14. The summed E-state index contributed by atoms with van der Waals surface area (Å²) in [6.07, 6.45) is 13.0. The topological polar surface area (TPSA) is 161 Å². The number of piperazine rings is 1. The summed E-state index contributed by atoms with van der Waals surface area (Å²) in [5.41, 5.74) is 4.69. The van der Waals surface area contributed by atoms with E-state index in [9.17, 15) is 14.2 Å². The second kappa shape index (κ2) is 21.0. The summed E-state index contributed by atoms with van der Waals surface area (Å²) in [5, 5.41) is 10.4. The Balaban J connectivity index is 0.750. The minimum Gasteiger partial charge on any atom is -0.494 e. The number of fused-ring (bicyclic) bond motifs is 1. The Bertz CT molecular complexity index is 2730. The lowest BCUT2D eigenvalue weighted by molar-refractivity contribution is -0.134. The van der Waals surface area contributed by atoms with Crippen LogP contribution >= 0.6 is 23.1 Å². The van der Waals surface area contributed by atoms with Crippen LogP contribution in [0.5, 0.6) is 5.75 Å². The number of carbonyl (C=O) groups is 2. The summed E-state index contributed by atoms with van der Waals surface area (Å²) in [7, 11) is -1.07. The number of amides is 2. The molecular formula is C50H61BrF2N11O4P. The number of pyridine rings is 2. The highest BCUT2D eigenvalue weighted by molar-refractivity contribution is 9.10. The molecule has 1 atom stereocenters. The van der Waals surface area contributed by atoms with E-state index in [2.05, 4.69) is 80.6 Å². The van der Waals surface area contributed by atoms with Gasteiger partial charge in [0.05, 0.1) is 46.8 Å². The van der Waals surface area contributed by atoms with E-state index in [1.807, 2.05) is 11.0 Å². The van der Waals surface area contributed by atoms with Crippen LogP contribution in [-0.4, -0.2) is 127 Å². The predicted octanol–water partition coefficient (Wildman–Crippen LogP) is 8.18. The Morgan fingerprint density at radius 1 is 0.870 bits per heavy atom. The molecule has 4 fully saturated rings. The third-order valence-corrected chi connectivity index (χ3v) is 16.6. The van der Waals surface area contributed by atoms with Crippen LogP contribution in [0.15, 0.2) is 59.6 Å². The second-order valence-corrected chi connectivity index (χ2v) is 23.1. The molecule has 0 saturated carbocycles. The number of methoxy groups -OCH3 is 1. The van der Waals surface area contributed by atoms with Gasteiger partial charge in [0, 0.05) is 111 Å². The molecule has 2 aromatic carbocycles. The Morgan fingerprint density at radius 2 is 1.59 bits per heavy atom. The van der Waals surface area contributed by atoms with Gasteiger partial charge in [0.2, 0.25) is 17.8 Å². The largest absolute Gasteiger partial charge is 0.494 e. The van der Waals surface area contributed by atoms with E-state index in [1.54, 1.807) is 45.2 Å². The standard InChI is InChI=1S/C50H61BrF2N11O4P/c1-5-32-24-40(58-50-56-28-37(51)48(60-50)57-42-30-55-41-29-54-14-8-35(41)47(42)69(3,4)67)44(68-2)27-43(32)64-18-12-33(13-19-64)63-22-20-61(21-23-63)15-9-31-10-16-62(17-11-31)34-25-38(52)46(39(53)26-34)36-6-7-45(65)59-49(36)66/h8,14,24-31,33,36H,5-7,9-13,15-23H2,1-4H3,(H,59,65,66)(H2,56,57,58,60). The highest BCUT2D eigenvalue weighted by Gasteiger charge is 2.34. The maximum absolute atomic E-state index is 15.2. The molecule has 19 heteroatoms. The number of imide groups is 1. The van der Waals surface area contributed by atoms with Crippen LogP contribution in [0.25, 0.3) is 10.9 Å². The van der Waals surface area contributed by atoms with Crippen molar-refractivity contribution in [2.45, 2.75) is 70.3 Å². The van der Waals surface area contributed by atoms with Crippen LogP contribution in [0.3, 0.4) is 0 Å². The van der Waals surface area contributed by atoms with Gasteiger partial charge in [-0.3, -0.25) is 29.8 Å². The number of hydrogen-bond donors (Lipinski definition) is 3. The molecule has 366 valence electrons. The van der Waals surface area contributed by atoms with E-state index in [0.29, 0.717) is 56.1 Å². The fourth-order valence-corrected chi connectivity index (χ4v) is 12.4. The molecular weight excluding hydrogens is 967 g/mol. The van der Waals surface area contributed by atoms with Gasteiger partial charge in [-0.2, -0.15) is 4.98 Å². The molecule has 9 rings (SSSR count). The van der Waals surface area contributed by atoms with Gasteiger partial charge in [0.1, 0.15) is 30.3 Å². The number of nitrogens with one attached hydrogen (secondary N) is 3. The van der Waals surface area contributed by atoms with E-state index in [-0.39, 0.29) is 18.4 Å². The van der Waals surface area contributed by atoms with Gasteiger partial charge in [-0.1, -0.05) is 6.92 Å². The van der Waals surface area contributed by atoms with Crippen LogP contribution in [0.2, 0.25) is 0 Å².